The number of aryl methyl sites for hydroxylation is 1. The van der Waals surface area contributed by atoms with Crippen molar-refractivity contribution in [3.63, 3.8) is 0 Å². The summed E-state index contributed by atoms with van der Waals surface area (Å²) in [6.45, 7) is 3.64. The fourth-order valence-electron chi connectivity index (χ4n) is 3.69. The molecule has 1 amide bonds. The maximum absolute atomic E-state index is 12.6. The molecule has 0 saturated carbocycles. The average molecular weight is 364 g/mol. The van der Waals surface area contributed by atoms with Gasteiger partial charge in [-0.2, -0.15) is 0 Å². The minimum Gasteiger partial charge on any atom is -0.484 e. The molecule has 0 N–H and O–H groups in total. The number of hydrogen-bond acceptors (Lipinski definition) is 4. The Hall–Kier alpha value is -2.89. The minimum absolute atomic E-state index is 0.0239. The van der Waals surface area contributed by atoms with Gasteiger partial charge in [0, 0.05) is 25.7 Å². The quantitative estimate of drug-likeness (QED) is 0.674. The summed E-state index contributed by atoms with van der Waals surface area (Å²) in [5.41, 5.74) is 1.85. The second-order valence-corrected chi connectivity index (χ2v) is 6.88. The SMILES string of the molecule is CCCc1nc2cccnc2n1[C@@H]1CCN(C(=O)COc2ccccc2)C1. The zero-order valence-electron chi connectivity index (χ0n) is 15.5. The van der Waals surface area contributed by atoms with Gasteiger partial charge in [0.1, 0.15) is 17.1 Å². The van der Waals surface area contributed by atoms with Gasteiger partial charge in [-0.1, -0.05) is 25.1 Å². The van der Waals surface area contributed by atoms with E-state index < -0.39 is 0 Å². The summed E-state index contributed by atoms with van der Waals surface area (Å²) in [5.74, 6) is 1.80. The van der Waals surface area contributed by atoms with Crippen LogP contribution in [0.15, 0.2) is 48.7 Å². The van der Waals surface area contributed by atoms with Crippen LogP contribution >= 0.6 is 0 Å². The van der Waals surface area contributed by atoms with E-state index >= 15 is 0 Å². The summed E-state index contributed by atoms with van der Waals surface area (Å²) in [5, 5.41) is 0. The molecule has 3 heterocycles. The third-order valence-electron chi connectivity index (χ3n) is 4.98. The molecule has 1 aliphatic rings. The topological polar surface area (TPSA) is 60.2 Å². The number of benzene rings is 1. The molecule has 6 heteroatoms. The van der Waals surface area contributed by atoms with Crippen molar-refractivity contribution in [3.8, 4) is 5.75 Å². The van der Waals surface area contributed by atoms with Crippen molar-refractivity contribution >= 4 is 17.1 Å². The number of para-hydroxylation sites is 1. The van der Waals surface area contributed by atoms with E-state index in [4.69, 9.17) is 9.72 Å². The van der Waals surface area contributed by atoms with Gasteiger partial charge in [-0.05, 0) is 37.1 Å². The molecule has 3 aromatic rings. The molecule has 0 bridgehead atoms. The van der Waals surface area contributed by atoms with Crippen molar-refractivity contribution < 1.29 is 9.53 Å². The summed E-state index contributed by atoms with van der Waals surface area (Å²) in [7, 11) is 0. The van der Waals surface area contributed by atoms with Gasteiger partial charge < -0.3 is 14.2 Å². The van der Waals surface area contributed by atoms with Crippen molar-refractivity contribution in [2.75, 3.05) is 19.7 Å². The number of carbonyl (C=O) groups excluding carboxylic acids is 1. The van der Waals surface area contributed by atoms with E-state index in [-0.39, 0.29) is 18.6 Å². The van der Waals surface area contributed by atoms with Gasteiger partial charge >= 0.3 is 0 Å². The summed E-state index contributed by atoms with van der Waals surface area (Å²) >= 11 is 0. The van der Waals surface area contributed by atoms with E-state index in [1.54, 1.807) is 0 Å². The predicted molar refractivity (Wildman–Crippen MR) is 104 cm³/mol. The lowest BCUT2D eigenvalue weighted by molar-refractivity contribution is -0.132. The molecule has 6 nitrogen and oxygen atoms in total. The monoisotopic (exact) mass is 364 g/mol. The highest BCUT2D eigenvalue weighted by molar-refractivity contribution is 5.78. The first kappa shape index (κ1) is 17.5. The highest BCUT2D eigenvalue weighted by atomic mass is 16.5. The molecule has 4 rings (SSSR count). The molecule has 0 unspecified atom stereocenters. The zero-order chi connectivity index (χ0) is 18.6. The number of aromatic nitrogens is 3. The van der Waals surface area contributed by atoms with Crippen LogP contribution < -0.4 is 4.74 Å². The molecule has 1 atom stereocenters. The third kappa shape index (κ3) is 3.65. The van der Waals surface area contributed by atoms with Gasteiger partial charge in [0.25, 0.3) is 5.91 Å². The van der Waals surface area contributed by atoms with Crippen LogP contribution in [-0.4, -0.2) is 45.0 Å². The third-order valence-corrected chi connectivity index (χ3v) is 4.98. The van der Waals surface area contributed by atoms with Crippen LogP contribution in [0.2, 0.25) is 0 Å². The number of imidazole rings is 1. The number of carbonyl (C=O) groups is 1. The van der Waals surface area contributed by atoms with Gasteiger partial charge in [0.2, 0.25) is 0 Å². The first-order chi connectivity index (χ1) is 13.3. The Morgan fingerprint density at radius 2 is 2.07 bits per heavy atom. The largest absolute Gasteiger partial charge is 0.484 e. The Labute approximate surface area is 158 Å². The van der Waals surface area contributed by atoms with Gasteiger partial charge in [-0.25, -0.2) is 9.97 Å². The Kier molecular flexibility index (Phi) is 5.05. The molecule has 140 valence electrons. The minimum atomic E-state index is 0.0239. The average Bonchev–Trinajstić information content (AvgIpc) is 3.31. The maximum Gasteiger partial charge on any atom is 0.260 e. The Balaban J connectivity index is 1.47. The van der Waals surface area contributed by atoms with Crippen molar-refractivity contribution in [2.45, 2.75) is 32.2 Å². The molecular weight excluding hydrogens is 340 g/mol. The first-order valence-corrected chi connectivity index (χ1v) is 9.53. The maximum atomic E-state index is 12.6. The molecule has 1 aliphatic heterocycles. The van der Waals surface area contributed by atoms with E-state index in [2.05, 4.69) is 16.5 Å². The van der Waals surface area contributed by atoms with Crippen LogP contribution in [0.1, 0.15) is 31.6 Å². The van der Waals surface area contributed by atoms with Crippen LogP contribution in [0.4, 0.5) is 0 Å². The Morgan fingerprint density at radius 3 is 2.89 bits per heavy atom. The van der Waals surface area contributed by atoms with E-state index in [1.165, 1.54) is 0 Å². The zero-order valence-corrected chi connectivity index (χ0v) is 15.5. The van der Waals surface area contributed by atoms with Gasteiger partial charge in [-0.3, -0.25) is 4.79 Å². The number of nitrogens with zero attached hydrogens (tertiary/aromatic N) is 4. The first-order valence-electron chi connectivity index (χ1n) is 9.53. The molecule has 27 heavy (non-hydrogen) atoms. The molecule has 1 aromatic carbocycles. The molecule has 2 aromatic heterocycles. The fourth-order valence-corrected chi connectivity index (χ4v) is 3.69. The second kappa shape index (κ2) is 7.78. The van der Waals surface area contributed by atoms with Crippen LogP contribution in [0.25, 0.3) is 11.2 Å². The van der Waals surface area contributed by atoms with E-state index in [1.807, 2.05) is 53.6 Å². The molecule has 1 saturated heterocycles. The van der Waals surface area contributed by atoms with Crippen molar-refractivity contribution in [2.24, 2.45) is 0 Å². The molecule has 0 radical (unpaired) electrons. The standard InChI is InChI=1S/C21H24N4O2/c1-2-7-19-23-18-10-6-12-22-21(18)25(19)16-11-13-24(14-16)20(26)15-27-17-8-4-3-5-9-17/h3-6,8-10,12,16H,2,7,11,13-15H2,1H3/t16-/m1/s1. The Bertz CT molecular complexity index is 922. The number of ether oxygens (including phenoxy) is 1. The van der Waals surface area contributed by atoms with Crippen molar-refractivity contribution in [1.29, 1.82) is 0 Å². The number of fused-ring (bicyclic) bond motifs is 1. The van der Waals surface area contributed by atoms with Crippen LogP contribution in [-0.2, 0) is 11.2 Å². The lowest BCUT2D eigenvalue weighted by Gasteiger charge is -2.19. The second-order valence-electron chi connectivity index (χ2n) is 6.88. The van der Waals surface area contributed by atoms with Gasteiger partial charge in [0.05, 0.1) is 6.04 Å². The highest BCUT2D eigenvalue weighted by Crippen LogP contribution is 2.28. The number of hydrogen-bond donors (Lipinski definition) is 0. The van der Waals surface area contributed by atoms with Crippen LogP contribution in [0.3, 0.4) is 0 Å². The Morgan fingerprint density at radius 1 is 1.22 bits per heavy atom. The summed E-state index contributed by atoms with van der Waals surface area (Å²) in [6, 6.07) is 13.6. The number of pyridine rings is 1. The number of rotatable bonds is 6. The molecular formula is C21H24N4O2. The van der Waals surface area contributed by atoms with E-state index in [0.29, 0.717) is 6.54 Å². The van der Waals surface area contributed by atoms with Gasteiger partial charge in [-0.15, -0.1) is 0 Å². The lowest BCUT2D eigenvalue weighted by Crippen LogP contribution is -2.33. The normalized spacial score (nSPS) is 16.8. The lowest BCUT2D eigenvalue weighted by atomic mass is 10.2. The van der Waals surface area contributed by atoms with E-state index in [0.717, 1.165) is 48.5 Å². The van der Waals surface area contributed by atoms with E-state index in [9.17, 15) is 4.79 Å². The molecule has 0 aliphatic carbocycles. The van der Waals surface area contributed by atoms with Crippen molar-refractivity contribution in [1.82, 2.24) is 19.4 Å². The predicted octanol–water partition coefficient (Wildman–Crippen LogP) is 3.24. The number of likely N-dealkylation sites (tertiary alicyclic amines) is 1. The van der Waals surface area contributed by atoms with Crippen molar-refractivity contribution in [3.05, 3.63) is 54.5 Å². The van der Waals surface area contributed by atoms with Crippen LogP contribution in [0, 0.1) is 0 Å². The fraction of sp³-hybridized carbons (Fsp3) is 0.381. The summed E-state index contributed by atoms with van der Waals surface area (Å²) in [6.07, 6.45) is 4.67. The highest BCUT2D eigenvalue weighted by Gasteiger charge is 2.30. The summed E-state index contributed by atoms with van der Waals surface area (Å²) < 4.78 is 7.86. The smallest absolute Gasteiger partial charge is 0.260 e. The van der Waals surface area contributed by atoms with Gasteiger partial charge in [0.15, 0.2) is 12.3 Å². The van der Waals surface area contributed by atoms with Crippen LogP contribution in [0.5, 0.6) is 5.75 Å². The number of amides is 1. The molecule has 0 spiro atoms. The summed E-state index contributed by atoms with van der Waals surface area (Å²) in [4.78, 5) is 23.8. The molecule has 1 fully saturated rings.